The maximum Gasteiger partial charge on any atom is 0.340 e. The van der Waals surface area contributed by atoms with Crippen molar-refractivity contribution in [3.05, 3.63) is 11.6 Å². The Kier molecular flexibility index (Phi) is 7.44. The molecule has 0 aliphatic carbocycles. The molecule has 0 radical (unpaired) electrons. The summed E-state index contributed by atoms with van der Waals surface area (Å²) in [6.45, 7) is -3.16. The minimum Gasteiger partial charge on any atom is -0.456 e. The molecule has 0 unspecified atom stereocenters. The van der Waals surface area contributed by atoms with Gasteiger partial charge in [0.25, 0.3) is 0 Å². The van der Waals surface area contributed by atoms with E-state index in [1.165, 1.54) is 0 Å². The van der Waals surface area contributed by atoms with Crippen LogP contribution < -0.4 is 0 Å². The molecule has 0 bridgehead atoms. The lowest BCUT2D eigenvalue weighted by molar-refractivity contribution is -0.177. The molecule has 0 aromatic carbocycles. The van der Waals surface area contributed by atoms with Crippen LogP contribution in [0.1, 0.15) is 6.92 Å². The van der Waals surface area contributed by atoms with E-state index in [0.29, 0.717) is 0 Å². The van der Waals surface area contributed by atoms with Gasteiger partial charge in [-0.25, -0.2) is 27.2 Å². The van der Waals surface area contributed by atoms with E-state index < -0.39 is 55.4 Å². The van der Waals surface area contributed by atoms with Crippen molar-refractivity contribution in [2.45, 2.75) is 31.6 Å². The van der Waals surface area contributed by atoms with Crippen LogP contribution in [0.4, 0.5) is 35.1 Å². The summed E-state index contributed by atoms with van der Waals surface area (Å²) in [4.78, 5) is 22.1. The first kappa shape index (κ1) is 21.1. The maximum absolute atomic E-state index is 12.5. The number of ether oxygens (including phenoxy) is 2. The van der Waals surface area contributed by atoms with Gasteiger partial charge in [-0.05, 0) is 6.92 Å². The molecule has 0 rings (SSSR count). The molecular weight excluding hydrogens is 348 g/mol. The smallest absolute Gasteiger partial charge is 0.340 e. The van der Waals surface area contributed by atoms with Crippen molar-refractivity contribution in [1.29, 1.82) is 0 Å². The van der Waals surface area contributed by atoms with Crippen molar-refractivity contribution < 1.29 is 54.2 Å². The van der Waals surface area contributed by atoms with Crippen molar-refractivity contribution >= 4 is 11.9 Å². The van der Waals surface area contributed by atoms with Crippen LogP contribution in [0.15, 0.2) is 11.6 Å². The summed E-state index contributed by atoms with van der Waals surface area (Å²) in [5.41, 5.74) is -0.750. The average Bonchev–Trinajstić information content (AvgIpc) is 2.42. The topological polar surface area (TPSA) is 52.6 Å². The van der Waals surface area contributed by atoms with E-state index >= 15 is 0 Å². The fourth-order valence-corrected chi connectivity index (χ4v) is 0.846. The molecule has 0 aliphatic rings. The standard InChI is InChI=1S/C11H10F8O4/c1-5(7(21)23-4-11(18,19)9(14)15)2-6(20)22-3-10(16,17)8(12)13/h2,8-9H,3-4H2,1H3/b5-2+. The molecule has 0 spiro atoms. The van der Waals surface area contributed by atoms with E-state index in [1.54, 1.807) is 0 Å². The summed E-state index contributed by atoms with van der Waals surface area (Å²) in [5.74, 6) is -12.5. The fourth-order valence-electron chi connectivity index (χ4n) is 0.846. The molecule has 0 aliphatic heterocycles. The summed E-state index contributed by atoms with van der Waals surface area (Å²) in [7, 11) is 0. The van der Waals surface area contributed by atoms with Crippen LogP contribution in [0.25, 0.3) is 0 Å². The Morgan fingerprint density at radius 3 is 1.70 bits per heavy atom. The van der Waals surface area contributed by atoms with Gasteiger partial charge in [-0.1, -0.05) is 0 Å². The van der Waals surface area contributed by atoms with Gasteiger partial charge in [0.2, 0.25) is 0 Å². The lowest BCUT2D eigenvalue weighted by atomic mass is 10.3. The maximum atomic E-state index is 12.5. The van der Waals surface area contributed by atoms with E-state index in [0.717, 1.165) is 6.92 Å². The number of hydrogen-bond acceptors (Lipinski definition) is 4. The number of alkyl halides is 8. The van der Waals surface area contributed by atoms with Crippen LogP contribution in [0.3, 0.4) is 0 Å². The van der Waals surface area contributed by atoms with Crippen LogP contribution in [0, 0.1) is 0 Å². The van der Waals surface area contributed by atoms with Crippen LogP contribution in [-0.4, -0.2) is 49.8 Å². The molecule has 12 heteroatoms. The van der Waals surface area contributed by atoms with Gasteiger partial charge < -0.3 is 9.47 Å². The Morgan fingerprint density at radius 2 is 1.30 bits per heavy atom. The Bertz CT molecular complexity index is 461. The predicted octanol–water partition coefficient (Wildman–Crippen LogP) is 2.82. The van der Waals surface area contributed by atoms with E-state index in [1.807, 2.05) is 0 Å². The van der Waals surface area contributed by atoms with Crippen molar-refractivity contribution in [1.82, 2.24) is 0 Å². The van der Waals surface area contributed by atoms with Gasteiger partial charge >= 0.3 is 36.6 Å². The normalized spacial score (nSPS) is 13.4. The Hall–Kier alpha value is -1.88. The third-order valence-electron chi connectivity index (χ3n) is 2.10. The number of rotatable bonds is 8. The lowest BCUT2D eigenvalue weighted by Gasteiger charge is -2.15. The molecule has 0 fully saturated rings. The fraction of sp³-hybridized carbons (Fsp3) is 0.636. The van der Waals surface area contributed by atoms with Gasteiger partial charge in [0.05, 0.1) is 0 Å². The molecule has 0 atom stereocenters. The molecule has 134 valence electrons. The number of hydrogen-bond donors (Lipinski definition) is 0. The summed E-state index contributed by atoms with van der Waals surface area (Å²) < 4.78 is 104. The lowest BCUT2D eigenvalue weighted by Crippen LogP contribution is -2.34. The highest BCUT2D eigenvalue weighted by atomic mass is 19.3. The van der Waals surface area contributed by atoms with Gasteiger partial charge in [0.1, 0.15) is 0 Å². The zero-order valence-corrected chi connectivity index (χ0v) is 11.3. The largest absolute Gasteiger partial charge is 0.456 e. The Labute approximate surface area is 124 Å². The third-order valence-corrected chi connectivity index (χ3v) is 2.10. The third kappa shape index (κ3) is 7.28. The summed E-state index contributed by atoms with van der Waals surface area (Å²) in [6, 6.07) is 0. The van der Waals surface area contributed by atoms with Gasteiger partial charge in [0, 0.05) is 11.6 Å². The van der Waals surface area contributed by atoms with E-state index in [4.69, 9.17) is 0 Å². The molecule has 0 saturated carbocycles. The van der Waals surface area contributed by atoms with Crippen LogP contribution in [-0.2, 0) is 19.1 Å². The minimum absolute atomic E-state index is 0.199. The molecule has 0 heterocycles. The second-order valence-electron chi connectivity index (χ2n) is 4.13. The summed E-state index contributed by atoms with van der Waals surface area (Å²) >= 11 is 0. The highest BCUT2D eigenvalue weighted by molar-refractivity contribution is 5.95. The first-order valence-corrected chi connectivity index (χ1v) is 5.63. The number of carbonyl (C=O) groups excluding carboxylic acids is 2. The number of halogens is 8. The second kappa shape index (κ2) is 8.11. The zero-order valence-electron chi connectivity index (χ0n) is 11.3. The molecule has 4 nitrogen and oxygen atoms in total. The van der Waals surface area contributed by atoms with Crippen LogP contribution in [0.2, 0.25) is 0 Å². The van der Waals surface area contributed by atoms with E-state index in [-0.39, 0.29) is 6.08 Å². The van der Waals surface area contributed by atoms with Crippen molar-refractivity contribution in [3.8, 4) is 0 Å². The average molecular weight is 358 g/mol. The highest BCUT2D eigenvalue weighted by Crippen LogP contribution is 2.24. The second-order valence-corrected chi connectivity index (χ2v) is 4.13. The Morgan fingerprint density at radius 1 is 0.913 bits per heavy atom. The quantitative estimate of drug-likeness (QED) is 0.380. The van der Waals surface area contributed by atoms with Gasteiger partial charge in [-0.3, -0.25) is 0 Å². The predicted molar refractivity (Wildman–Crippen MR) is 57.6 cm³/mol. The zero-order chi connectivity index (χ0) is 18.4. The molecular formula is C11H10F8O4. The minimum atomic E-state index is -4.62. The highest BCUT2D eigenvalue weighted by Gasteiger charge is 2.43. The first-order valence-electron chi connectivity index (χ1n) is 5.63. The van der Waals surface area contributed by atoms with E-state index in [2.05, 4.69) is 9.47 Å². The SMILES string of the molecule is C/C(=C\C(=O)OCC(F)(F)C(F)F)C(=O)OCC(F)(F)C(F)F. The van der Waals surface area contributed by atoms with Crippen LogP contribution >= 0.6 is 0 Å². The van der Waals surface area contributed by atoms with Gasteiger partial charge in [0.15, 0.2) is 13.2 Å². The Balaban J connectivity index is 4.53. The van der Waals surface area contributed by atoms with Crippen molar-refractivity contribution in [3.63, 3.8) is 0 Å². The van der Waals surface area contributed by atoms with Gasteiger partial charge in [-0.2, -0.15) is 17.6 Å². The first-order chi connectivity index (χ1) is 10.3. The summed E-state index contributed by atoms with van der Waals surface area (Å²) in [5, 5.41) is 0. The number of esters is 2. The molecule has 0 N–H and O–H groups in total. The monoisotopic (exact) mass is 358 g/mol. The van der Waals surface area contributed by atoms with Crippen molar-refractivity contribution in [2.75, 3.05) is 13.2 Å². The molecule has 0 amide bonds. The molecule has 0 aromatic heterocycles. The number of carbonyl (C=O) groups is 2. The molecule has 0 saturated heterocycles. The molecule has 23 heavy (non-hydrogen) atoms. The van der Waals surface area contributed by atoms with Crippen molar-refractivity contribution in [2.24, 2.45) is 0 Å². The van der Waals surface area contributed by atoms with E-state index in [9.17, 15) is 44.7 Å². The molecule has 0 aromatic rings. The summed E-state index contributed by atoms with van der Waals surface area (Å²) in [6.07, 6.45) is -7.99. The van der Waals surface area contributed by atoms with Gasteiger partial charge in [-0.15, -0.1) is 0 Å². The van der Waals surface area contributed by atoms with Crippen LogP contribution in [0.5, 0.6) is 0 Å².